The molecule has 1 atom stereocenters. The van der Waals surface area contributed by atoms with Gasteiger partial charge in [-0.15, -0.1) is 13.2 Å². The van der Waals surface area contributed by atoms with E-state index in [-0.39, 0.29) is 5.75 Å². The van der Waals surface area contributed by atoms with Crippen molar-refractivity contribution in [2.24, 2.45) is 23.7 Å². The molecule has 1 nitrogen and oxygen atoms in total. The van der Waals surface area contributed by atoms with E-state index in [1.807, 2.05) is 0 Å². The minimum Gasteiger partial charge on any atom is -0.406 e. The van der Waals surface area contributed by atoms with Gasteiger partial charge in [-0.05, 0) is 103 Å². The monoisotopic (exact) mass is 514 g/mol. The molecule has 0 amide bonds. The molecule has 1 unspecified atom stereocenters. The molecular formula is C33H45F3O. The van der Waals surface area contributed by atoms with E-state index in [1.54, 1.807) is 12.1 Å². The number of hydrogen-bond donors (Lipinski definition) is 0. The molecule has 0 N–H and O–H groups in total. The highest BCUT2D eigenvalue weighted by molar-refractivity contribution is 5.64. The number of halogens is 3. The van der Waals surface area contributed by atoms with E-state index in [4.69, 9.17) is 0 Å². The highest BCUT2D eigenvalue weighted by Gasteiger charge is 2.31. The summed E-state index contributed by atoms with van der Waals surface area (Å²) in [6, 6.07) is 14.7. The molecule has 0 heterocycles. The predicted octanol–water partition coefficient (Wildman–Crippen LogP) is 10.9. The van der Waals surface area contributed by atoms with Crippen LogP contribution in [-0.2, 0) is 0 Å². The normalized spacial score (nSPS) is 25.5. The van der Waals surface area contributed by atoms with E-state index in [0.717, 1.165) is 34.8 Å². The van der Waals surface area contributed by atoms with Crippen molar-refractivity contribution in [1.29, 1.82) is 0 Å². The van der Waals surface area contributed by atoms with Gasteiger partial charge in [0.25, 0.3) is 0 Å². The number of unbranched alkanes of at least 4 members (excludes halogenated alkanes) is 2. The largest absolute Gasteiger partial charge is 0.573 e. The van der Waals surface area contributed by atoms with Gasteiger partial charge >= 0.3 is 6.36 Å². The van der Waals surface area contributed by atoms with Gasteiger partial charge in [0.15, 0.2) is 0 Å². The zero-order valence-corrected chi connectivity index (χ0v) is 22.7. The van der Waals surface area contributed by atoms with Gasteiger partial charge in [-0.2, -0.15) is 0 Å². The molecular weight excluding hydrogens is 469 g/mol. The third-order valence-electron chi connectivity index (χ3n) is 9.27. The second kappa shape index (κ2) is 13.2. The average molecular weight is 515 g/mol. The van der Waals surface area contributed by atoms with Gasteiger partial charge in [0.1, 0.15) is 5.75 Å². The summed E-state index contributed by atoms with van der Waals surface area (Å²) < 4.78 is 41.2. The van der Waals surface area contributed by atoms with E-state index in [0.29, 0.717) is 5.92 Å². The van der Waals surface area contributed by atoms with Crippen LogP contribution in [0.1, 0.15) is 109 Å². The lowest BCUT2D eigenvalue weighted by atomic mass is 9.70. The van der Waals surface area contributed by atoms with Crippen LogP contribution in [0.15, 0.2) is 48.5 Å². The van der Waals surface area contributed by atoms with Crippen molar-refractivity contribution in [1.82, 2.24) is 0 Å². The van der Waals surface area contributed by atoms with Gasteiger partial charge < -0.3 is 4.74 Å². The Balaban J connectivity index is 1.20. The number of hydrogen-bond acceptors (Lipinski definition) is 1. The van der Waals surface area contributed by atoms with Crippen molar-refractivity contribution < 1.29 is 17.9 Å². The Morgan fingerprint density at radius 1 is 0.757 bits per heavy atom. The molecule has 2 aliphatic rings. The first kappa shape index (κ1) is 28.0. The maximum absolute atomic E-state index is 12.4. The number of rotatable bonds is 10. The standard InChI is InChI=1S/C33H45F3O/c1-3-4-5-6-25-7-11-27(12-8-25)24(2)23-26-9-13-28(14-10-26)29-15-17-30(18-16-29)31-19-21-32(22-20-31)37-33(34,35)36/h15-22,24-28H,3-14,23H2,1-2H3. The van der Waals surface area contributed by atoms with Crippen LogP contribution in [0.4, 0.5) is 13.2 Å². The van der Waals surface area contributed by atoms with Gasteiger partial charge in [-0.1, -0.05) is 88.8 Å². The highest BCUT2D eigenvalue weighted by Crippen LogP contribution is 2.42. The van der Waals surface area contributed by atoms with Crippen molar-refractivity contribution >= 4 is 0 Å². The summed E-state index contributed by atoms with van der Waals surface area (Å²) in [5.41, 5.74) is 3.31. The van der Waals surface area contributed by atoms with Crippen LogP contribution in [0.3, 0.4) is 0 Å². The topological polar surface area (TPSA) is 9.23 Å². The fourth-order valence-corrected chi connectivity index (χ4v) is 6.98. The van der Waals surface area contributed by atoms with Crippen molar-refractivity contribution in [3.05, 3.63) is 54.1 Å². The zero-order valence-electron chi connectivity index (χ0n) is 22.7. The molecule has 0 saturated heterocycles. The predicted molar refractivity (Wildman–Crippen MR) is 147 cm³/mol. The van der Waals surface area contributed by atoms with Gasteiger partial charge in [0, 0.05) is 0 Å². The first-order valence-electron chi connectivity index (χ1n) is 14.8. The molecule has 0 spiro atoms. The van der Waals surface area contributed by atoms with Crippen molar-refractivity contribution in [3.63, 3.8) is 0 Å². The first-order chi connectivity index (χ1) is 17.8. The molecule has 2 aliphatic carbocycles. The third kappa shape index (κ3) is 8.52. The van der Waals surface area contributed by atoms with Gasteiger partial charge in [-0.3, -0.25) is 0 Å². The summed E-state index contributed by atoms with van der Waals surface area (Å²) >= 11 is 0. The quantitative estimate of drug-likeness (QED) is 0.287. The lowest BCUT2D eigenvalue weighted by Gasteiger charge is -2.36. The smallest absolute Gasteiger partial charge is 0.406 e. The Labute approximate surface area is 222 Å². The molecule has 37 heavy (non-hydrogen) atoms. The molecule has 204 valence electrons. The average Bonchev–Trinajstić information content (AvgIpc) is 2.89. The SMILES string of the molecule is CCCCCC1CCC(C(C)CC2CCC(c3ccc(-c4ccc(OC(F)(F)F)cc4)cc3)CC2)CC1. The van der Waals surface area contributed by atoms with E-state index < -0.39 is 6.36 Å². The minimum absolute atomic E-state index is 0.186. The Bertz CT molecular complexity index is 918. The third-order valence-corrected chi connectivity index (χ3v) is 9.27. The lowest BCUT2D eigenvalue weighted by molar-refractivity contribution is -0.274. The zero-order chi connectivity index (χ0) is 26.3. The van der Waals surface area contributed by atoms with Gasteiger partial charge in [-0.25, -0.2) is 0 Å². The van der Waals surface area contributed by atoms with Crippen LogP contribution in [0.2, 0.25) is 0 Å². The van der Waals surface area contributed by atoms with Crippen LogP contribution in [0.25, 0.3) is 11.1 Å². The van der Waals surface area contributed by atoms with Crippen molar-refractivity contribution in [2.45, 2.75) is 110 Å². The summed E-state index contributed by atoms with van der Waals surface area (Å²) in [5, 5.41) is 0. The second-order valence-electron chi connectivity index (χ2n) is 11.9. The maximum atomic E-state index is 12.4. The molecule has 4 rings (SSSR count). The van der Waals surface area contributed by atoms with E-state index in [9.17, 15) is 13.2 Å². The van der Waals surface area contributed by atoms with Crippen LogP contribution in [0.5, 0.6) is 5.75 Å². The van der Waals surface area contributed by atoms with E-state index in [2.05, 4.69) is 42.8 Å². The fraction of sp³-hybridized carbons (Fsp3) is 0.636. The Morgan fingerprint density at radius 3 is 1.89 bits per heavy atom. The molecule has 2 aromatic rings. The van der Waals surface area contributed by atoms with E-state index in [1.165, 1.54) is 101 Å². The molecule has 0 aliphatic heterocycles. The van der Waals surface area contributed by atoms with Crippen LogP contribution >= 0.6 is 0 Å². The summed E-state index contributed by atoms with van der Waals surface area (Å²) in [4.78, 5) is 0. The number of alkyl halides is 3. The van der Waals surface area contributed by atoms with Gasteiger partial charge in [0.05, 0.1) is 0 Å². The number of ether oxygens (including phenoxy) is 1. The van der Waals surface area contributed by atoms with Crippen LogP contribution in [0, 0.1) is 23.7 Å². The van der Waals surface area contributed by atoms with Crippen molar-refractivity contribution in [2.75, 3.05) is 0 Å². The molecule has 2 aromatic carbocycles. The van der Waals surface area contributed by atoms with Crippen molar-refractivity contribution in [3.8, 4) is 16.9 Å². The van der Waals surface area contributed by atoms with Crippen LogP contribution in [-0.4, -0.2) is 6.36 Å². The van der Waals surface area contributed by atoms with E-state index >= 15 is 0 Å². The molecule has 0 radical (unpaired) electrons. The molecule has 0 bridgehead atoms. The summed E-state index contributed by atoms with van der Waals surface area (Å²) in [6.07, 6.45) is 13.4. The fourth-order valence-electron chi connectivity index (χ4n) is 6.98. The molecule has 2 fully saturated rings. The summed E-state index contributed by atoms with van der Waals surface area (Å²) in [7, 11) is 0. The first-order valence-corrected chi connectivity index (χ1v) is 14.8. The second-order valence-corrected chi connectivity index (χ2v) is 11.9. The minimum atomic E-state index is -4.66. The Morgan fingerprint density at radius 2 is 1.32 bits per heavy atom. The van der Waals surface area contributed by atoms with Gasteiger partial charge in [0.2, 0.25) is 0 Å². The number of benzene rings is 2. The Kier molecular flexibility index (Phi) is 10.0. The molecule has 2 saturated carbocycles. The lowest BCUT2D eigenvalue weighted by Crippen LogP contribution is -2.23. The molecule has 4 heteroatoms. The summed E-state index contributed by atoms with van der Waals surface area (Å²) in [6.45, 7) is 4.82. The van der Waals surface area contributed by atoms with Crippen LogP contribution < -0.4 is 4.74 Å². The summed E-state index contributed by atoms with van der Waals surface area (Å²) in [5.74, 6) is 4.13. The maximum Gasteiger partial charge on any atom is 0.573 e. The molecule has 0 aromatic heterocycles. The highest BCUT2D eigenvalue weighted by atomic mass is 19.4. The Hall–Kier alpha value is -1.97.